The number of nitrogens with one attached hydrogen (secondary N) is 1. The Morgan fingerprint density at radius 2 is 2.00 bits per heavy atom. The molecular weight excluding hydrogens is 266 g/mol. The second kappa shape index (κ2) is 8.59. The number of amides is 1. The highest BCUT2D eigenvalue weighted by Crippen LogP contribution is 2.25. The quantitative estimate of drug-likeness (QED) is 0.758. The lowest BCUT2D eigenvalue weighted by atomic mass is 10.1. The van der Waals surface area contributed by atoms with E-state index in [1.807, 2.05) is 20.8 Å². The van der Waals surface area contributed by atoms with Gasteiger partial charge in [0.05, 0.1) is 0 Å². The van der Waals surface area contributed by atoms with Gasteiger partial charge in [0.1, 0.15) is 5.60 Å². The third-order valence-corrected chi connectivity index (χ3v) is 4.05. The van der Waals surface area contributed by atoms with Crippen LogP contribution >= 0.6 is 0 Å². The van der Waals surface area contributed by atoms with Crippen LogP contribution in [0.4, 0.5) is 4.79 Å². The highest BCUT2D eigenvalue weighted by molar-refractivity contribution is 5.67. The lowest BCUT2D eigenvalue weighted by Crippen LogP contribution is -2.47. The van der Waals surface area contributed by atoms with E-state index in [0.29, 0.717) is 25.2 Å². The third kappa shape index (κ3) is 6.66. The van der Waals surface area contributed by atoms with Crippen LogP contribution in [-0.4, -0.2) is 48.3 Å². The van der Waals surface area contributed by atoms with Crippen LogP contribution in [0.25, 0.3) is 0 Å². The number of rotatable bonds is 7. The number of carbonyl (C=O) groups is 1. The lowest BCUT2D eigenvalue weighted by molar-refractivity contribution is 0.0519. The van der Waals surface area contributed by atoms with Gasteiger partial charge in [0, 0.05) is 25.2 Å². The number of nitrogens with two attached hydrogens (primary N) is 1. The first-order chi connectivity index (χ1) is 9.87. The Morgan fingerprint density at radius 1 is 1.38 bits per heavy atom. The molecule has 0 aromatic heterocycles. The fraction of sp³-hybridized carbons (Fsp3) is 0.938. The van der Waals surface area contributed by atoms with Crippen LogP contribution in [0, 0.1) is 0 Å². The molecule has 0 saturated heterocycles. The Bertz CT molecular complexity index is 309. The van der Waals surface area contributed by atoms with Crippen LogP contribution in [0.3, 0.4) is 0 Å². The van der Waals surface area contributed by atoms with Gasteiger partial charge in [-0.2, -0.15) is 0 Å². The molecule has 3 N–H and O–H groups in total. The highest BCUT2D eigenvalue weighted by atomic mass is 16.6. The zero-order valence-electron chi connectivity index (χ0n) is 14.2. The minimum absolute atomic E-state index is 0.341. The van der Waals surface area contributed by atoms with Crippen molar-refractivity contribution in [1.29, 1.82) is 0 Å². The normalized spacial score (nSPS) is 18.0. The Balaban J connectivity index is 2.37. The number of hydrogen-bond acceptors (Lipinski definition) is 4. The maximum Gasteiger partial charge on any atom is 0.407 e. The summed E-state index contributed by atoms with van der Waals surface area (Å²) in [6.45, 7) is 10.1. The van der Waals surface area contributed by atoms with Crippen molar-refractivity contribution in [3.8, 4) is 0 Å². The zero-order chi connectivity index (χ0) is 15.9. The first-order valence-electron chi connectivity index (χ1n) is 8.30. The summed E-state index contributed by atoms with van der Waals surface area (Å²) >= 11 is 0. The predicted molar refractivity (Wildman–Crippen MR) is 86.3 cm³/mol. The first-order valence-corrected chi connectivity index (χ1v) is 8.30. The number of carbonyl (C=O) groups excluding carboxylic acids is 1. The summed E-state index contributed by atoms with van der Waals surface area (Å²) in [5, 5.41) is 2.83. The minimum Gasteiger partial charge on any atom is -0.444 e. The van der Waals surface area contributed by atoms with Crippen molar-refractivity contribution in [2.45, 2.75) is 77.5 Å². The Labute approximate surface area is 129 Å². The zero-order valence-corrected chi connectivity index (χ0v) is 14.2. The Kier molecular flexibility index (Phi) is 7.46. The summed E-state index contributed by atoms with van der Waals surface area (Å²) in [5.41, 5.74) is 5.50. The molecule has 1 fully saturated rings. The van der Waals surface area contributed by atoms with E-state index in [1.165, 1.54) is 25.7 Å². The fourth-order valence-electron chi connectivity index (χ4n) is 3.12. The van der Waals surface area contributed by atoms with Gasteiger partial charge in [-0.25, -0.2) is 4.79 Å². The fourth-order valence-corrected chi connectivity index (χ4v) is 3.12. The molecule has 21 heavy (non-hydrogen) atoms. The molecule has 0 spiro atoms. The molecule has 0 heterocycles. The number of hydrogen-bond donors (Lipinski definition) is 2. The van der Waals surface area contributed by atoms with E-state index in [2.05, 4.69) is 17.1 Å². The lowest BCUT2D eigenvalue weighted by Gasteiger charge is -2.35. The number of nitrogens with zero attached hydrogens (tertiary/aromatic N) is 1. The van der Waals surface area contributed by atoms with E-state index in [4.69, 9.17) is 10.5 Å². The van der Waals surface area contributed by atoms with E-state index >= 15 is 0 Å². The number of likely N-dealkylation sites (N-methyl/N-ethyl adjacent to an activating group) is 1. The maximum atomic E-state index is 11.6. The predicted octanol–water partition coefficient (Wildman–Crippen LogP) is 2.49. The number of alkyl carbamates (subject to hydrolysis) is 1. The Morgan fingerprint density at radius 3 is 2.48 bits per heavy atom. The van der Waals surface area contributed by atoms with Gasteiger partial charge in [-0.1, -0.05) is 19.8 Å². The second-order valence-corrected chi connectivity index (χ2v) is 6.88. The molecule has 124 valence electrons. The van der Waals surface area contributed by atoms with Crippen molar-refractivity contribution >= 4 is 6.09 Å². The molecule has 1 unspecified atom stereocenters. The van der Waals surface area contributed by atoms with Crippen LogP contribution in [-0.2, 0) is 4.74 Å². The van der Waals surface area contributed by atoms with Crippen molar-refractivity contribution in [3.63, 3.8) is 0 Å². The van der Waals surface area contributed by atoms with E-state index in [-0.39, 0.29) is 6.09 Å². The van der Waals surface area contributed by atoms with Gasteiger partial charge >= 0.3 is 6.09 Å². The molecule has 0 aromatic carbocycles. The molecule has 0 aromatic rings. The van der Waals surface area contributed by atoms with Gasteiger partial charge in [0.2, 0.25) is 0 Å². The molecular formula is C16H33N3O2. The summed E-state index contributed by atoms with van der Waals surface area (Å²) in [4.78, 5) is 14.2. The summed E-state index contributed by atoms with van der Waals surface area (Å²) in [5.74, 6) is 0. The second-order valence-electron chi connectivity index (χ2n) is 6.88. The molecule has 0 radical (unpaired) electrons. The monoisotopic (exact) mass is 299 g/mol. The van der Waals surface area contributed by atoms with Crippen molar-refractivity contribution in [2.24, 2.45) is 5.73 Å². The first kappa shape index (κ1) is 18.2. The molecule has 5 nitrogen and oxygen atoms in total. The number of ether oxygens (including phenoxy) is 1. The van der Waals surface area contributed by atoms with Crippen molar-refractivity contribution in [1.82, 2.24) is 10.2 Å². The molecule has 0 aliphatic heterocycles. The average Bonchev–Trinajstić information content (AvgIpc) is 2.89. The topological polar surface area (TPSA) is 67.6 Å². The van der Waals surface area contributed by atoms with Crippen molar-refractivity contribution in [2.75, 3.05) is 19.6 Å². The summed E-state index contributed by atoms with van der Waals surface area (Å²) in [7, 11) is 0. The summed E-state index contributed by atoms with van der Waals surface area (Å²) in [6, 6.07) is 1.01. The molecule has 1 aliphatic carbocycles. The molecule has 1 atom stereocenters. The van der Waals surface area contributed by atoms with E-state index in [1.54, 1.807) is 0 Å². The standard InChI is InChI=1S/C16H33N3O2/c1-5-19(13-8-6-7-9-13)14(12-17)10-11-18-15(20)21-16(2,3)4/h13-14H,5-12,17H2,1-4H3,(H,18,20). The third-order valence-electron chi connectivity index (χ3n) is 4.05. The van der Waals surface area contributed by atoms with E-state index < -0.39 is 5.60 Å². The van der Waals surface area contributed by atoms with Crippen LogP contribution in [0.15, 0.2) is 0 Å². The molecule has 1 saturated carbocycles. The summed E-state index contributed by atoms with van der Waals surface area (Å²) < 4.78 is 5.24. The van der Waals surface area contributed by atoms with E-state index in [9.17, 15) is 4.79 Å². The van der Waals surface area contributed by atoms with Crippen molar-refractivity contribution < 1.29 is 9.53 Å². The van der Waals surface area contributed by atoms with Gasteiger partial charge < -0.3 is 15.8 Å². The SMILES string of the molecule is CCN(C(CN)CCNC(=O)OC(C)(C)C)C1CCCC1. The minimum atomic E-state index is -0.448. The van der Waals surface area contributed by atoms with Gasteiger partial charge in [0.15, 0.2) is 0 Å². The van der Waals surface area contributed by atoms with Gasteiger partial charge in [-0.3, -0.25) is 4.90 Å². The Hall–Kier alpha value is -0.810. The van der Waals surface area contributed by atoms with Gasteiger partial charge in [0.25, 0.3) is 0 Å². The highest BCUT2D eigenvalue weighted by Gasteiger charge is 2.26. The van der Waals surface area contributed by atoms with Crippen LogP contribution < -0.4 is 11.1 Å². The van der Waals surface area contributed by atoms with Gasteiger partial charge in [-0.15, -0.1) is 0 Å². The molecule has 1 aliphatic rings. The smallest absolute Gasteiger partial charge is 0.407 e. The van der Waals surface area contributed by atoms with Crippen LogP contribution in [0.2, 0.25) is 0 Å². The molecule has 1 rings (SSSR count). The van der Waals surface area contributed by atoms with Crippen LogP contribution in [0.1, 0.15) is 59.8 Å². The van der Waals surface area contributed by atoms with Crippen LogP contribution in [0.5, 0.6) is 0 Å². The maximum absolute atomic E-state index is 11.6. The largest absolute Gasteiger partial charge is 0.444 e. The molecule has 0 bridgehead atoms. The summed E-state index contributed by atoms with van der Waals surface area (Å²) in [6.07, 6.45) is 5.75. The molecule has 1 amide bonds. The van der Waals surface area contributed by atoms with Crippen molar-refractivity contribution in [3.05, 3.63) is 0 Å². The molecule has 5 heteroatoms. The van der Waals surface area contributed by atoms with Gasteiger partial charge in [-0.05, 0) is 46.6 Å². The average molecular weight is 299 g/mol. The van der Waals surface area contributed by atoms with E-state index in [0.717, 1.165) is 13.0 Å².